The summed E-state index contributed by atoms with van der Waals surface area (Å²) in [7, 11) is 1.81. The van der Waals surface area contributed by atoms with Crippen molar-refractivity contribution in [3.63, 3.8) is 0 Å². The molecule has 0 saturated heterocycles. The molecule has 0 radical (unpaired) electrons. The standard InChI is InChI=1S/C6H9BrO/c1-8-6-2-5(7,3-6)4-6/h2-4H2,1H3. The van der Waals surface area contributed by atoms with E-state index in [1.54, 1.807) is 0 Å². The first-order valence-electron chi connectivity index (χ1n) is 2.92. The molecule has 3 saturated carbocycles. The summed E-state index contributed by atoms with van der Waals surface area (Å²) in [5, 5.41) is 0. The highest BCUT2D eigenvalue weighted by Crippen LogP contribution is 2.67. The third kappa shape index (κ3) is 0.415. The molecule has 0 aliphatic heterocycles. The van der Waals surface area contributed by atoms with E-state index in [-0.39, 0.29) is 0 Å². The van der Waals surface area contributed by atoms with Gasteiger partial charge in [-0.15, -0.1) is 0 Å². The Labute approximate surface area is 57.5 Å². The normalized spacial score (nSPS) is 59.2. The highest BCUT2D eigenvalue weighted by Gasteiger charge is 2.67. The Morgan fingerprint density at radius 2 is 1.88 bits per heavy atom. The molecule has 0 amide bonds. The Kier molecular flexibility index (Phi) is 0.748. The van der Waals surface area contributed by atoms with Crippen molar-refractivity contribution in [2.45, 2.75) is 29.2 Å². The van der Waals surface area contributed by atoms with Crippen LogP contribution < -0.4 is 0 Å². The topological polar surface area (TPSA) is 9.23 Å². The fourth-order valence-corrected chi connectivity index (χ4v) is 3.33. The van der Waals surface area contributed by atoms with Crippen molar-refractivity contribution in [1.82, 2.24) is 0 Å². The van der Waals surface area contributed by atoms with Gasteiger partial charge in [0.15, 0.2) is 0 Å². The molecule has 3 aliphatic carbocycles. The lowest BCUT2D eigenvalue weighted by atomic mass is 9.52. The smallest absolute Gasteiger partial charge is 0.0718 e. The first-order valence-corrected chi connectivity index (χ1v) is 3.72. The van der Waals surface area contributed by atoms with Crippen molar-refractivity contribution in [2.24, 2.45) is 0 Å². The van der Waals surface area contributed by atoms with Gasteiger partial charge >= 0.3 is 0 Å². The van der Waals surface area contributed by atoms with E-state index >= 15 is 0 Å². The Bertz CT molecular complexity index is 113. The summed E-state index contributed by atoms with van der Waals surface area (Å²) in [4.78, 5) is 0. The van der Waals surface area contributed by atoms with E-state index in [0.29, 0.717) is 9.93 Å². The zero-order valence-corrected chi connectivity index (χ0v) is 6.49. The zero-order valence-electron chi connectivity index (χ0n) is 4.91. The molecule has 0 atom stereocenters. The molecule has 0 N–H and O–H groups in total. The van der Waals surface area contributed by atoms with Crippen molar-refractivity contribution in [1.29, 1.82) is 0 Å². The average Bonchev–Trinajstić information content (AvgIpc) is 1.55. The van der Waals surface area contributed by atoms with E-state index in [9.17, 15) is 0 Å². The lowest BCUT2D eigenvalue weighted by molar-refractivity contribution is -0.187. The van der Waals surface area contributed by atoms with Gasteiger partial charge in [-0.1, -0.05) is 15.9 Å². The van der Waals surface area contributed by atoms with Gasteiger partial charge in [-0.25, -0.2) is 0 Å². The molecule has 8 heavy (non-hydrogen) atoms. The first kappa shape index (κ1) is 5.24. The Morgan fingerprint density at radius 1 is 1.38 bits per heavy atom. The van der Waals surface area contributed by atoms with Crippen LogP contribution in [0.2, 0.25) is 0 Å². The molecule has 2 heteroatoms. The molecule has 46 valence electrons. The maximum Gasteiger partial charge on any atom is 0.0718 e. The molecule has 2 bridgehead atoms. The summed E-state index contributed by atoms with van der Waals surface area (Å²) in [5.74, 6) is 0. The van der Waals surface area contributed by atoms with Gasteiger partial charge in [0.1, 0.15) is 0 Å². The Hall–Kier alpha value is 0.440. The predicted octanol–water partition coefficient (Wildman–Crippen LogP) is 1.70. The molecule has 0 spiro atoms. The SMILES string of the molecule is COC12CC(Br)(C1)C2. The molecular formula is C6H9BrO. The lowest BCUT2D eigenvalue weighted by Gasteiger charge is -2.66. The number of hydrogen-bond acceptors (Lipinski definition) is 1. The third-order valence-electron chi connectivity index (χ3n) is 2.35. The van der Waals surface area contributed by atoms with Gasteiger partial charge in [-0.3, -0.25) is 0 Å². The van der Waals surface area contributed by atoms with Crippen LogP contribution in [0, 0.1) is 0 Å². The molecule has 0 aromatic carbocycles. The van der Waals surface area contributed by atoms with Crippen LogP contribution in [0.5, 0.6) is 0 Å². The van der Waals surface area contributed by atoms with E-state index in [0.717, 1.165) is 0 Å². The largest absolute Gasteiger partial charge is 0.378 e. The van der Waals surface area contributed by atoms with E-state index in [4.69, 9.17) is 4.74 Å². The summed E-state index contributed by atoms with van der Waals surface area (Å²) in [6, 6.07) is 0. The van der Waals surface area contributed by atoms with E-state index in [2.05, 4.69) is 15.9 Å². The number of alkyl halides is 1. The summed E-state index contributed by atoms with van der Waals surface area (Å²) in [6.07, 6.45) is 3.70. The molecule has 3 fully saturated rings. The predicted molar refractivity (Wildman–Crippen MR) is 35.2 cm³/mol. The molecule has 0 aromatic heterocycles. The highest BCUT2D eigenvalue weighted by atomic mass is 79.9. The minimum Gasteiger partial charge on any atom is -0.378 e. The summed E-state index contributed by atoms with van der Waals surface area (Å²) in [5.41, 5.74) is 0.323. The minimum absolute atomic E-state index is 0.323. The monoisotopic (exact) mass is 176 g/mol. The van der Waals surface area contributed by atoms with Crippen LogP contribution in [0.15, 0.2) is 0 Å². The first-order chi connectivity index (χ1) is 3.68. The Morgan fingerprint density at radius 3 is 2.00 bits per heavy atom. The molecule has 0 aromatic rings. The highest BCUT2D eigenvalue weighted by molar-refractivity contribution is 9.10. The fraction of sp³-hybridized carbons (Fsp3) is 1.00. The van der Waals surface area contributed by atoms with Gasteiger partial charge in [0, 0.05) is 11.4 Å². The van der Waals surface area contributed by atoms with Gasteiger partial charge in [-0.2, -0.15) is 0 Å². The maximum atomic E-state index is 5.27. The molecule has 1 nitrogen and oxygen atoms in total. The van der Waals surface area contributed by atoms with Crippen LogP contribution in [0.25, 0.3) is 0 Å². The van der Waals surface area contributed by atoms with Crippen LogP contribution in [0.3, 0.4) is 0 Å². The number of ether oxygens (including phenoxy) is 1. The van der Waals surface area contributed by atoms with Gasteiger partial charge in [-0.05, 0) is 19.3 Å². The van der Waals surface area contributed by atoms with Gasteiger partial charge in [0.2, 0.25) is 0 Å². The molecular weight excluding hydrogens is 168 g/mol. The number of halogens is 1. The van der Waals surface area contributed by atoms with Crippen LogP contribution >= 0.6 is 15.9 Å². The number of rotatable bonds is 1. The molecule has 0 unspecified atom stereocenters. The summed E-state index contributed by atoms with van der Waals surface area (Å²) >= 11 is 3.63. The van der Waals surface area contributed by atoms with Crippen LogP contribution in [0.4, 0.5) is 0 Å². The van der Waals surface area contributed by atoms with Crippen LogP contribution in [-0.2, 0) is 4.74 Å². The molecule has 0 heterocycles. The second kappa shape index (κ2) is 1.14. The second-order valence-corrected chi connectivity index (χ2v) is 4.75. The molecule has 3 aliphatic rings. The van der Waals surface area contributed by atoms with E-state index < -0.39 is 0 Å². The minimum atomic E-state index is 0.323. The van der Waals surface area contributed by atoms with Crippen molar-refractivity contribution < 1.29 is 4.74 Å². The quantitative estimate of drug-likeness (QED) is 0.554. The number of hydrogen-bond donors (Lipinski definition) is 0. The Balaban J connectivity index is 2.04. The third-order valence-corrected chi connectivity index (χ3v) is 3.19. The van der Waals surface area contributed by atoms with Gasteiger partial charge in [0.05, 0.1) is 5.60 Å². The van der Waals surface area contributed by atoms with Crippen molar-refractivity contribution in [3.05, 3.63) is 0 Å². The van der Waals surface area contributed by atoms with E-state index in [1.807, 2.05) is 7.11 Å². The zero-order chi connectivity index (χ0) is 5.83. The van der Waals surface area contributed by atoms with E-state index in [1.165, 1.54) is 19.3 Å². The second-order valence-electron chi connectivity index (χ2n) is 3.07. The van der Waals surface area contributed by atoms with Gasteiger partial charge in [0.25, 0.3) is 0 Å². The van der Waals surface area contributed by atoms with Crippen molar-refractivity contribution >= 4 is 15.9 Å². The van der Waals surface area contributed by atoms with Crippen molar-refractivity contribution in [3.8, 4) is 0 Å². The average molecular weight is 177 g/mol. The van der Waals surface area contributed by atoms with Crippen LogP contribution in [0.1, 0.15) is 19.3 Å². The summed E-state index contributed by atoms with van der Waals surface area (Å²) < 4.78 is 5.79. The van der Waals surface area contributed by atoms with Crippen molar-refractivity contribution in [2.75, 3.05) is 7.11 Å². The number of methoxy groups -OCH3 is 1. The van der Waals surface area contributed by atoms with Gasteiger partial charge < -0.3 is 4.74 Å². The summed E-state index contributed by atoms with van der Waals surface area (Å²) in [6.45, 7) is 0. The fourth-order valence-electron chi connectivity index (χ4n) is 1.79. The lowest BCUT2D eigenvalue weighted by Crippen LogP contribution is -2.69. The maximum absolute atomic E-state index is 5.27. The molecule has 3 rings (SSSR count). The van der Waals surface area contributed by atoms with Crippen LogP contribution in [-0.4, -0.2) is 17.0 Å².